The molecule has 5 unspecified atom stereocenters. The third-order valence-corrected chi connectivity index (χ3v) is 11.2. The Balaban J connectivity index is 1.32. The highest BCUT2D eigenvalue weighted by Crippen LogP contribution is 2.41. The molecule has 6 aromatic carbocycles. The van der Waals surface area contributed by atoms with Crippen LogP contribution in [-0.2, 0) is 74.3 Å². The molecular formula is C52H53ClF2O6. The maximum absolute atomic E-state index is 13.5. The zero-order valence-electron chi connectivity index (χ0n) is 34.4. The topological polar surface area (TPSA) is 55.4 Å². The van der Waals surface area contributed by atoms with Crippen molar-refractivity contribution in [3.05, 3.63) is 213 Å². The Morgan fingerprint density at radius 1 is 0.525 bits per heavy atom. The van der Waals surface area contributed by atoms with Crippen molar-refractivity contribution in [2.45, 2.75) is 89.7 Å². The van der Waals surface area contributed by atoms with Crippen LogP contribution in [0, 0.1) is 0 Å². The Bertz CT molecular complexity index is 2180. The molecule has 7 rings (SSSR count). The molecule has 6 nitrogen and oxygen atoms in total. The van der Waals surface area contributed by atoms with Crippen LogP contribution >= 0.6 is 11.6 Å². The molecule has 5 atom stereocenters. The van der Waals surface area contributed by atoms with Crippen molar-refractivity contribution in [3.8, 4) is 0 Å². The Morgan fingerprint density at radius 2 is 1.02 bits per heavy atom. The second-order valence-electron chi connectivity index (χ2n) is 15.3. The molecule has 0 saturated carbocycles. The monoisotopic (exact) mass is 846 g/mol. The quantitative estimate of drug-likeness (QED) is 0.0719. The first kappa shape index (κ1) is 44.3. The van der Waals surface area contributed by atoms with Crippen molar-refractivity contribution in [1.29, 1.82) is 0 Å². The van der Waals surface area contributed by atoms with Gasteiger partial charge in [-0.15, -0.1) is 0 Å². The summed E-state index contributed by atoms with van der Waals surface area (Å²) < 4.78 is 67.2. The molecule has 0 spiro atoms. The molecular weight excluding hydrogens is 794 g/mol. The minimum atomic E-state index is -2.64. The lowest BCUT2D eigenvalue weighted by molar-refractivity contribution is -0.275. The second kappa shape index (κ2) is 22.9. The number of benzene rings is 6. The Hall–Kier alpha value is -4.77. The smallest absolute Gasteiger partial charge is 0.261 e. The molecule has 0 bridgehead atoms. The SMILES string of the molecule is CCc1ccc(Cc2cc(C3OC(COCc4ccccc4)C(OCc4ccccc4)C(OCc4ccccc4)C3OCc3ccccc3)c(COCC(F)F)cc2Cl)cc1. The number of hydrogen-bond donors (Lipinski definition) is 0. The van der Waals surface area contributed by atoms with E-state index in [1.54, 1.807) is 0 Å². The fourth-order valence-corrected chi connectivity index (χ4v) is 7.87. The van der Waals surface area contributed by atoms with Crippen LogP contribution in [0.25, 0.3) is 0 Å². The van der Waals surface area contributed by atoms with Gasteiger partial charge < -0.3 is 28.4 Å². The van der Waals surface area contributed by atoms with Gasteiger partial charge in [-0.1, -0.05) is 170 Å². The highest BCUT2D eigenvalue weighted by molar-refractivity contribution is 6.31. The molecule has 0 N–H and O–H groups in total. The lowest BCUT2D eigenvalue weighted by Gasteiger charge is -2.47. The molecule has 1 heterocycles. The zero-order chi connectivity index (χ0) is 42.2. The van der Waals surface area contributed by atoms with Gasteiger partial charge in [0.1, 0.15) is 37.1 Å². The van der Waals surface area contributed by atoms with Crippen molar-refractivity contribution >= 4 is 11.6 Å². The van der Waals surface area contributed by atoms with Crippen LogP contribution < -0.4 is 0 Å². The van der Waals surface area contributed by atoms with Gasteiger partial charge in [0.2, 0.25) is 0 Å². The lowest BCUT2D eigenvalue weighted by atomic mass is 9.87. The Kier molecular flexibility index (Phi) is 16.6. The van der Waals surface area contributed by atoms with Crippen molar-refractivity contribution in [1.82, 2.24) is 0 Å². The van der Waals surface area contributed by atoms with Crippen LogP contribution in [0.4, 0.5) is 8.78 Å². The molecule has 0 amide bonds. The predicted octanol–water partition coefficient (Wildman–Crippen LogP) is 11.7. The summed E-state index contributed by atoms with van der Waals surface area (Å²) in [4.78, 5) is 0. The van der Waals surface area contributed by atoms with Gasteiger partial charge in [-0.25, -0.2) is 8.78 Å². The number of hydrogen-bond acceptors (Lipinski definition) is 6. The van der Waals surface area contributed by atoms with Crippen LogP contribution in [-0.4, -0.2) is 44.1 Å². The van der Waals surface area contributed by atoms with Crippen LogP contribution in [0.3, 0.4) is 0 Å². The fourth-order valence-electron chi connectivity index (χ4n) is 7.61. The second-order valence-corrected chi connectivity index (χ2v) is 15.7. The first-order valence-corrected chi connectivity index (χ1v) is 21.3. The molecule has 0 radical (unpaired) electrons. The van der Waals surface area contributed by atoms with Crippen molar-refractivity contribution < 1.29 is 37.2 Å². The van der Waals surface area contributed by atoms with Crippen molar-refractivity contribution in [3.63, 3.8) is 0 Å². The standard InChI is InChI=1S/C52H53ClF2O6/c1-2-37-23-25-38(26-24-37)27-43-28-45(44(29-46(43)53)34-57-36-48(54)55)49-51(59-32-41-19-11-5-12-20-41)52(60-33-42-21-13-6-14-22-42)50(58-31-40-17-9-4-10-18-40)47(61-49)35-56-30-39-15-7-3-8-16-39/h3-26,28-29,47-52H,2,27,30-36H2,1H3. The Morgan fingerprint density at radius 3 is 1.54 bits per heavy atom. The predicted molar refractivity (Wildman–Crippen MR) is 235 cm³/mol. The van der Waals surface area contributed by atoms with E-state index in [1.807, 2.05) is 133 Å². The highest BCUT2D eigenvalue weighted by Gasteiger charge is 2.49. The van der Waals surface area contributed by atoms with Gasteiger partial charge >= 0.3 is 0 Å². The number of ether oxygens (including phenoxy) is 6. The van der Waals surface area contributed by atoms with E-state index in [-0.39, 0.29) is 26.4 Å². The van der Waals surface area contributed by atoms with Gasteiger partial charge in [-0.2, -0.15) is 0 Å². The summed E-state index contributed by atoms with van der Waals surface area (Å²) in [6.07, 6.45) is -4.69. The van der Waals surface area contributed by atoms with Crippen LogP contribution in [0.5, 0.6) is 0 Å². The van der Waals surface area contributed by atoms with Crippen LogP contribution in [0.2, 0.25) is 5.02 Å². The highest BCUT2D eigenvalue weighted by atomic mass is 35.5. The summed E-state index contributed by atoms with van der Waals surface area (Å²) in [6.45, 7) is 2.62. The third kappa shape index (κ3) is 12.9. The molecule has 1 fully saturated rings. The van der Waals surface area contributed by atoms with Crippen molar-refractivity contribution in [2.24, 2.45) is 0 Å². The molecule has 0 aliphatic carbocycles. The summed E-state index contributed by atoms with van der Waals surface area (Å²) in [5, 5.41) is 0.500. The maximum Gasteiger partial charge on any atom is 0.261 e. The normalized spacial score (nSPS) is 19.0. The maximum atomic E-state index is 13.5. The van der Waals surface area contributed by atoms with E-state index in [4.69, 9.17) is 40.0 Å². The van der Waals surface area contributed by atoms with Crippen LogP contribution in [0.1, 0.15) is 63.1 Å². The summed E-state index contributed by atoms with van der Waals surface area (Å²) in [7, 11) is 0. The lowest BCUT2D eigenvalue weighted by Crippen LogP contribution is -2.58. The van der Waals surface area contributed by atoms with Gasteiger partial charge in [0, 0.05) is 5.02 Å². The summed E-state index contributed by atoms with van der Waals surface area (Å²) in [6, 6.07) is 52.1. The average Bonchev–Trinajstić information content (AvgIpc) is 3.29. The number of aryl methyl sites for hydroxylation is 1. The first-order chi connectivity index (χ1) is 29.9. The van der Waals surface area contributed by atoms with E-state index in [9.17, 15) is 8.78 Å². The first-order valence-electron chi connectivity index (χ1n) is 20.9. The molecule has 1 saturated heterocycles. The minimum Gasteiger partial charge on any atom is -0.374 e. The van der Waals surface area contributed by atoms with Gasteiger partial charge in [-0.05, 0) is 69.0 Å². The minimum absolute atomic E-state index is 0.116. The largest absolute Gasteiger partial charge is 0.374 e. The number of halogens is 3. The third-order valence-electron chi connectivity index (χ3n) is 10.8. The van der Waals surface area contributed by atoms with E-state index < -0.39 is 43.6 Å². The van der Waals surface area contributed by atoms with Gasteiger partial charge in [0.25, 0.3) is 6.43 Å². The number of alkyl halides is 2. The van der Waals surface area contributed by atoms with E-state index >= 15 is 0 Å². The van der Waals surface area contributed by atoms with E-state index in [0.717, 1.165) is 39.8 Å². The molecule has 0 aromatic heterocycles. The fraction of sp³-hybridized carbons (Fsp3) is 0.308. The zero-order valence-corrected chi connectivity index (χ0v) is 35.2. The van der Waals surface area contributed by atoms with Gasteiger partial charge in [0.05, 0.1) is 39.6 Å². The number of rotatable bonds is 21. The van der Waals surface area contributed by atoms with E-state index in [1.165, 1.54) is 5.56 Å². The molecule has 9 heteroatoms. The summed E-state index contributed by atoms with van der Waals surface area (Å²) in [5.74, 6) is 0. The van der Waals surface area contributed by atoms with Crippen molar-refractivity contribution in [2.75, 3.05) is 13.2 Å². The summed E-state index contributed by atoms with van der Waals surface area (Å²) >= 11 is 7.05. The molecule has 6 aromatic rings. The van der Waals surface area contributed by atoms with Crippen LogP contribution in [0.15, 0.2) is 158 Å². The van der Waals surface area contributed by atoms with E-state index in [2.05, 4.69) is 31.2 Å². The molecule has 1 aliphatic rings. The van der Waals surface area contributed by atoms with E-state index in [0.29, 0.717) is 35.8 Å². The average molecular weight is 847 g/mol. The molecule has 318 valence electrons. The summed E-state index contributed by atoms with van der Waals surface area (Å²) in [5.41, 5.74) is 8.45. The Labute approximate surface area is 363 Å². The molecule has 1 aliphatic heterocycles. The van der Waals surface area contributed by atoms with Gasteiger partial charge in [0.15, 0.2) is 0 Å². The van der Waals surface area contributed by atoms with Gasteiger partial charge in [-0.3, -0.25) is 0 Å². The molecule has 61 heavy (non-hydrogen) atoms.